The quantitative estimate of drug-likeness (QED) is 0.246. The number of hydrogen-bond donors (Lipinski definition) is 3. The topological polar surface area (TPSA) is 98.3 Å². The van der Waals surface area contributed by atoms with Gasteiger partial charge in [-0.25, -0.2) is 9.97 Å². The van der Waals surface area contributed by atoms with Crippen molar-refractivity contribution in [3.8, 4) is 11.3 Å². The van der Waals surface area contributed by atoms with Crippen LogP contribution in [0.3, 0.4) is 0 Å². The minimum atomic E-state index is -0.101. The Balaban J connectivity index is 0.00000341. The molecule has 0 fully saturated rings. The zero-order valence-electron chi connectivity index (χ0n) is 17.9. The fourth-order valence-corrected chi connectivity index (χ4v) is 2.93. The van der Waals surface area contributed by atoms with E-state index in [0.29, 0.717) is 31.3 Å². The minimum absolute atomic E-state index is 0. The number of carbonyl (C=O) groups is 1. The van der Waals surface area contributed by atoms with E-state index in [1.165, 1.54) is 0 Å². The lowest BCUT2D eigenvalue weighted by Gasteiger charge is -2.21. The molecule has 164 valence electrons. The van der Waals surface area contributed by atoms with Gasteiger partial charge in [0.05, 0.1) is 18.4 Å². The molecule has 0 aliphatic carbocycles. The Morgan fingerprint density at radius 1 is 1.13 bits per heavy atom. The van der Waals surface area contributed by atoms with E-state index < -0.39 is 0 Å². The Morgan fingerprint density at radius 3 is 2.58 bits per heavy atom. The van der Waals surface area contributed by atoms with Crippen LogP contribution in [0, 0.1) is 6.92 Å². The summed E-state index contributed by atoms with van der Waals surface area (Å²) in [4.78, 5) is 30.3. The largest absolute Gasteiger partial charge is 0.356 e. The van der Waals surface area contributed by atoms with E-state index in [9.17, 15) is 4.79 Å². The molecule has 0 aliphatic heterocycles. The van der Waals surface area contributed by atoms with Crippen LogP contribution in [0.1, 0.15) is 17.8 Å². The van der Waals surface area contributed by atoms with E-state index in [-0.39, 0.29) is 29.9 Å². The van der Waals surface area contributed by atoms with Crippen LogP contribution in [0.25, 0.3) is 11.3 Å². The third-order valence-corrected chi connectivity index (χ3v) is 4.49. The predicted molar refractivity (Wildman–Crippen MR) is 134 cm³/mol. The summed E-state index contributed by atoms with van der Waals surface area (Å²) >= 11 is 0. The standard InChI is InChI=1S/C22H27N7O.HI/c1-16-9-10-19(25-13-16)28-21(30)11-12-24-22(23-2)29(3)15-20-26-14-18(27-20)17-7-5-4-6-8-17;/h4-10,13-14H,11-12,15H2,1-3H3,(H,23,24)(H,26,27)(H,25,28,30);1H. The van der Waals surface area contributed by atoms with Crippen LogP contribution in [0.4, 0.5) is 5.82 Å². The van der Waals surface area contributed by atoms with Crippen LogP contribution < -0.4 is 10.6 Å². The number of amides is 1. The number of aromatic amines is 1. The van der Waals surface area contributed by atoms with Crippen molar-refractivity contribution in [1.82, 2.24) is 25.2 Å². The zero-order valence-corrected chi connectivity index (χ0v) is 20.3. The molecule has 1 amide bonds. The number of imidazole rings is 1. The Bertz CT molecular complexity index is 987. The molecular weight excluding hydrogens is 505 g/mol. The van der Waals surface area contributed by atoms with Crippen LogP contribution in [-0.4, -0.2) is 52.4 Å². The first-order valence-corrected chi connectivity index (χ1v) is 9.78. The molecule has 9 heteroatoms. The summed E-state index contributed by atoms with van der Waals surface area (Å²) in [5, 5.41) is 6.00. The monoisotopic (exact) mass is 533 g/mol. The maximum atomic E-state index is 12.1. The molecule has 1 aromatic carbocycles. The van der Waals surface area contributed by atoms with Crippen molar-refractivity contribution in [1.29, 1.82) is 0 Å². The van der Waals surface area contributed by atoms with Gasteiger partial charge in [0.1, 0.15) is 11.6 Å². The molecule has 0 bridgehead atoms. The second-order valence-electron chi connectivity index (χ2n) is 6.96. The number of aliphatic imine (C=N–C) groups is 1. The van der Waals surface area contributed by atoms with E-state index in [2.05, 4.69) is 30.6 Å². The lowest BCUT2D eigenvalue weighted by molar-refractivity contribution is -0.116. The number of guanidine groups is 1. The molecule has 2 heterocycles. The predicted octanol–water partition coefficient (Wildman–Crippen LogP) is 3.43. The fraction of sp³-hybridized carbons (Fsp3) is 0.273. The van der Waals surface area contributed by atoms with E-state index in [1.54, 1.807) is 19.3 Å². The molecule has 31 heavy (non-hydrogen) atoms. The average molecular weight is 533 g/mol. The Labute approximate surface area is 199 Å². The number of H-pyrrole nitrogens is 1. The second kappa shape index (κ2) is 12.0. The van der Waals surface area contributed by atoms with Crippen molar-refractivity contribution in [3.63, 3.8) is 0 Å². The Kier molecular flexibility index (Phi) is 9.44. The van der Waals surface area contributed by atoms with Gasteiger partial charge in [0.25, 0.3) is 0 Å². The van der Waals surface area contributed by atoms with E-state index >= 15 is 0 Å². The van der Waals surface area contributed by atoms with Gasteiger partial charge in [0.15, 0.2) is 5.96 Å². The normalized spacial score (nSPS) is 10.9. The number of anilines is 1. The van der Waals surface area contributed by atoms with Gasteiger partial charge in [0, 0.05) is 33.3 Å². The van der Waals surface area contributed by atoms with Crippen molar-refractivity contribution in [3.05, 3.63) is 66.2 Å². The number of nitrogens with zero attached hydrogens (tertiary/aromatic N) is 4. The van der Waals surface area contributed by atoms with Crippen molar-refractivity contribution >= 4 is 41.7 Å². The number of halogens is 1. The van der Waals surface area contributed by atoms with Crippen molar-refractivity contribution in [2.75, 3.05) is 26.0 Å². The summed E-state index contributed by atoms with van der Waals surface area (Å²) in [6.07, 6.45) is 3.86. The highest BCUT2D eigenvalue weighted by Crippen LogP contribution is 2.16. The summed E-state index contributed by atoms with van der Waals surface area (Å²) in [6.45, 7) is 2.98. The lowest BCUT2D eigenvalue weighted by Crippen LogP contribution is -2.39. The van der Waals surface area contributed by atoms with Gasteiger partial charge in [-0.05, 0) is 24.1 Å². The number of carbonyl (C=O) groups excluding carboxylic acids is 1. The highest BCUT2D eigenvalue weighted by Gasteiger charge is 2.11. The molecule has 0 spiro atoms. The maximum Gasteiger partial charge on any atom is 0.227 e. The number of nitrogens with one attached hydrogen (secondary N) is 3. The second-order valence-corrected chi connectivity index (χ2v) is 6.96. The van der Waals surface area contributed by atoms with Gasteiger partial charge >= 0.3 is 0 Å². The highest BCUT2D eigenvalue weighted by molar-refractivity contribution is 14.0. The molecular formula is C22H28IN7O. The van der Waals surface area contributed by atoms with Crippen LogP contribution in [-0.2, 0) is 11.3 Å². The summed E-state index contributed by atoms with van der Waals surface area (Å²) in [5.74, 6) is 1.98. The molecule has 0 radical (unpaired) electrons. The van der Waals surface area contributed by atoms with Gasteiger partial charge in [-0.2, -0.15) is 0 Å². The van der Waals surface area contributed by atoms with Gasteiger partial charge < -0.3 is 20.5 Å². The fourth-order valence-electron chi connectivity index (χ4n) is 2.93. The Hall–Kier alpha value is -2.95. The first-order valence-electron chi connectivity index (χ1n) is 9.78. The summed E-state index contributed by atoms with van der Waals surface area (Å²) in [6, 6.07) is 13.8. The van der Waals surface area contributed by atoms with Crippen LogP contribution in [0.15, 0.2) is 59.9 Å². The molecule has 3 N–H and O–H groups in total. The maximum absolute atomic E-state index is 12.1. The van der Waals surface area contributed by atoms with Gasteiger partial charge in [-0.1, -0.05) is 36.4 Å². The number of aryl methyl sites for hydroxylation is 1. The first-order chi connectivity index (χ1) is 14.5. The lowest BCUT2D eigenvalue weighted by atomic mass is 10.2. The van der Waals surface area contributed by atoms with E-state index in [4.69, 9.17) is 0 Å². The van der Waals surface area contributed by atoms with Crippen molar-refractivity contribution < 1.29 is 4.79 Å². The van der Waals surface area contributed by atoms with Gasteiger partial charge in [-0.3, -0.25) is 9.79 Å². The van der Waals surface area contributed by atoms with Crippen LogP contribution >= 0.6 is 24.0 Å². The molecule has 0 saturated heterocycles. The number of hydrogen-bond acceptors (Lipinski definition) is 4. The molecule has 3 rings (SSSR count). The number of pyridine rings is 1. The van der Waals surface area contributed by atoms with E-state index in [1.807, 2.05) is 61.5 Å². The molecule has 0 aliphatic rings. The minimum Gasteiger partial charge on any atom is -0.356 e. The van der Waals surface area contributed by atoms with E-state index in [0.717, 1.165) is 22.6 Å². The number of benzene rings is 1. The third-order valence-electron chi connectivity index (χ3n) is 4.49. The van der Waals surface area contributed by atoms with Crippen molar-refractivity contribution in [2.45, 2.75) is 19.9 Å². The average Bonchev–Trinajstić information content (AvgIpc) is 3.22. The summed E-state index contributed by atoms with van der Waals surface area (Å²) in [5.41, 5.74) is 3.12. The third kappa shape index (κ3) is 7.35. The van der Waals surface area contributed by atoms with Crippen LogP contribution in [0.5, 0.6) is 0 Å². The molecule has 0 unspecified atom stereocenters. The molecule has 0 saturated carbocycles. The first kappa shape index (κ1) is 24.3. The van der Waals surface area contributed by atoms with Gasteiger partial charge in [0.2, 0.25) is 5.91 Å². The number of rotatable bonds is 7. The summed E-state index contributed by atoms with van der Waals surface area (Å²) in [7, 11) is 3.64. The summed E-state index contributed by atoms with van der Waals surface area (Å²) < 4.78 is 0. The molecule has 0 atom stereocenters. The van der Waals surface area contributed by atoms with Crippen molar-refractivity contribution in [2.24, 2.45) is 4.99 Å². The SMILES string of the molecule is CN=C(NCCC(=O)Nc1ccc(C)cn1)N(C)Cc1ncc(-c2ccccc2)[nH]1.I. The molecule has 8 nitrogen and oxygen atoms in total. The smallest absolute Gasteiger partial charge is 0.227 e. The number of aromatic nitrogens is 3. The zero-order chi connectivity index (χ0) is 21.3. The van der Waals surface area contributed by atoms with Crippen LogP contribution in [0.2, 0.25) is 0 Å². The molecule has 3 aromatic rings. The van der Waals surface area contributed by atoms with Gasteiger partial charge in [-0.15, -0.1) is 24.0 Å². The molecule has 2 aromatic heterocycles. The highest BCUT2D eigenvalue weighted by atomic mass is 127. The Morgan fingerprint density at radius 2 is 1.90 bits per heavy atom.